The van der Waals surface area contributed by atoms with Crippen LogP contribution in [0.1, 0.15) is 29.4 Å². The summed E-state index contributed by atoms with van der Waals surface area (Å²) < 4.78 is 1.59. The Bertz CT molecular complexity index is 758. The largest absolute Gasteiger partial charge is 0.271 e. The van der Waals surface area contributed by atoms with Crippen molar-refractivity contribution in [2.45, 2.75) is 38.9 Å². The molecule has 8 heteroatoms. The van der Waals surface area contributed by atoms with Crippen LogP contribution in [-0.4, -0.2) is 27.6 Å². The molecule has 0 radical (unpaired) electrons. The number of rotatable bonds is 4. The fourth-order valence-electron chi connectivity index (χ4n) is 2.86. The minimum atomic E-state index is -0.417. The molecule has 2 amide bonds. The molecule has 2 aromatic rings. The first kappa shape index (κ1) is 17.1. The molecule has 1 saturated heterocycles. The van der Waals surface area contributed by atoms with Gasteiger partial charge in [0.2, 0.25) is 0 Å². The lowest BCUT2D eigenvalue weighted by Crippen LogP contribution is -2.50. The summed E-state index contributed by atoms with van der Waals surface area (Å²) in [4.78, 5) is 24.2. The number of aromatic nitrogens is 2. The predicted molar refractivity (Wildman–Crippen MR) is 91.8 cm³/mol. The minimum Gasteiger partial charge on any atom is -0.271 e. The Kier molecular flexibility index (Phi) is 5.11. The number of nitrogens with one attached hydrogen (secondary N) is 4. The van der Waals surface area contributed by atoms with Crippen molar-refractivity contribution in [3.8, 4) is 0 Å². The molecule has 1 aromatic heterocycles. The molecule has 8 nitrogen and oxygen atoms in total. The van der Waals surface area contributed by atoms with Crippen molar-refractivity contribution in [3.63, 3.8) is 0 Å². The summed E-state index contributed by atoms with van der Waals surface area (Å²) in [5.41, 5.74) is 13.8. The monoisotopic (exact) mass is 342 g/mol. The number of carbonyl (C=O) groups excluding carboxylic acids is 2. The molecule has 132 valence electrons. The van der Waals surface area contributed by atoms with Gasteiger partial charge in [-0.1, -0.05) is 30.3 Å². The molecule has 4 N–H and O–H groups in total. The number of hydrogen-bond donors (Lipinski definition) is 4. The second-order valence-corrected chi connectivity index (χ2v) is 6.16. The molecule has 0 bridgehead atoms. The van der Waals surface area contributed by atoms with E-state index in [0.717, 1.165) is 17.0 Å². The van der Waals surface area contributed by atoms with E-state index in [1.54, 1.807) is 4.68 Å². The van der Waals surface area contributed by atoms with Gasteiger partial charge in [0.05, 0.1) is 5.69 Å². The van der Waals surface area contributed by atoms with Gasteiger partial charge in [0.25, 0.3) is 11.8 Å². The molecule has 25 heavy (non-hydrogen) atoms. The molecule has 1 aromatic carbocycles. The van der Waals surface area contributed by atoms with Crippen molar-refractivity contribution >= 4 is 11.8 Å². The number of nitrogens with zero attached hydrogens (tertiary/aromatic N) is 2. The van der Waals surface area contributed by atoms with E-state index in [2.05, 4.69) is 26.8 Å². The van der Waals surface area contributed by atoms with Crippen molar-refractivity contribution < 1.29 is 9.59 Å². The highest BCUT2D eigenvalue weighted by Crippen LogP contribution is 2.21. The molecule has 2 atom stereocenters. The smallest absolute Gasteiger partial charge is 0.260 e. The number of hydrazine groups is 2. The van der Waals surface area contributed by atoms with Crippen LogP contribution >= 0.6 is 0 Å². The van der Waals surface area contributed by atoms with Gasteiger partial charge in [-0.3, -0.25) is 25.1 Å². The number of amides is 2. The fraction of sp³-hybridized carbons (Fsp3) is 0.353. The molecular formula is C17H22N6O2. The lowest BCUT2D eigenvalue weighted by molar-refractivity contribution is -0.130. The van der Waals surface area contributed by atoms with Gasteiger partial charge in [0.1, 0.15) is 12.6 Å². The normalized spacial score (nSPS) is 19.6. The number of carbonyl (C=O) groups is 2. The molecule has 0 saturated carbocycles. The van der Waals surface area contributed by atoms with Crippen molar-refractivity contribution in [1.82, 2.24) is 31.5 Å². The lowest BCUT2D eigenvalue weighted by Gasteiger charge is -2.12. The molecular weight excluding hydrogens is 320 g/mol. The van der Waals surface area contributed by atoms with Gasteiger partial charge in [0, 0.05) is 11.7 Å². The van der Waals surface area contributed by atoms with Crippen LogP contribution in [0.5, 0.6) is 0 Å². The molecule has 0 aliphatic carbocycles. The molecule has 1 aliphatic heterocycles. The minimum absolute atomic E-state index is 0.0577. The third-order valence-electron chi connectivity index (χ3n) is 4.14. The van der Waals surface area contributed by atoms with Crippen LogP contribution < -0.4 is 21.7 Å². The van der Waals surface area contributed by atoms with Gasteiger partial charge in [-0.2, -0.15) is 5.10 Å². The van der Waals surface area contributed by atoms with Crippen LogP contribution in [-0.2, 0) is 16.1 Å². The third-order valence-corrected chi connectivity index (χ3v) is 4.14. The lowest BCUT2D eigenvalue weighted by atomic mass is 10.0. The molecule has 2 heterocycles. The Balaban J connectivity index is 1.46. The Morgan fingerprint density at radius 2 is 1.96 bits per heavy atom. The summed E-state index contributed by atoms with van der Waals surface area (Å²) in [6.07, 6.45) is 0.600. The number of hydrogen-bond acceptors (Lipinski definition) is 5. The summed E-state index contributed by atoms with van der Waals surface area (Å²) in [6.45, 7) is 3.80. The van der Waals surface area contributed by atoms with E-state index in [0.29, 0.717) is 6.42 Å². The highest BCUT2D eigenvalue weighted by molar-refractivity contribution is 5.85. The fourth-order valence-corrected chi connectivity index (χ4v) is 2.86. The Morgan fingerprint density at radius 1 is 1.20 bits per heavy atom. The first-order valence-corrected chi connectivity index (χ1v) is 8.18. The zero-order valence-electron chi connectivity index (χ0n) is 14.2. The average molecular weight is 342 g/mol. The number of aryl methyl sites for hydroxylation is 2. The van der Waals surface area contributed by atoms with Crippen LogP contribution in [0.4, 0.5) is 0 Å². The molecule has 1 aliphatic rings. The summed E-state index contributed by atoms with van der Waals surface area (Å²) in [5.74, 6) is -0.613. The van der Waals surface area contributed by atoms with Crippen molar-refractivity contribution in [2.24, 2.45) is 0 Å². The Labute approximate surface area is 145 Å². The van der Waals surface area contributed by atoms with Crippen LogP contribution in [0.25, 0.3) is 0 Å². The maximum absolute atomic E-state index is 12.2. The zero-order valence-corrected chi connectivity index (χ0v) is 14.2. The zero-order chi connectivity index (χ0) is 17.8. The van der Waals surface area contributed by atoms with E-state index < -0.39 is 6.04 Å². The van der Waals surface area contributed by atoms with Crippen LogP contribution in [0.2, 0.25) is 0 Å². The molecule has 2 unspecified atom stereocenters. The van der Waals surface area contributed by atoms with Crippen LogP contribution in [0.3, 0.4) is 0 Å². The maximum atomic E-state index is 12.2. The highest BCUT2D eigenvalue weighted by Gasteiger charge is 2.30. The second-order valence-electron chi connectivity index (χ2n) is 6.16. The van der Waals surface area contributed by atoms with Gasteiger partial charge in [-0.05, 0) is 31.9 Å². The molecule has 1 fully saturated rings. The summed E-state index contributed by atoms with van der Waals surface area (Å²) in [6, 6.07) is 11.4. The Morgan fingerprint density at radius 3 is 2.64 bits per heavy atom. The standard InChI is InChI=1S/C17H22N6O2/c1-11-8-12(2)23(22-11)10-16(24)20-21-17(25)15-9-14(18-19-15)13-6-4-3-5-7-13/h3-8,14-15,18-19H,9-10H2,1-2H3,(H,20,24)(H,21,25). The third kappa shape index (κ3) is 4.23. The number of benzene rings is 1. The second kappa shape index (κ2) is 7.45. The van der Waals surface area contributed by atoms with E-state index >= 15 is 0 Å². The summed E-state index contributed by atoms with van der Waals surface area (Å²) >= 11 is 0. The van der Waals surface area contributed by atoms with E-state index in [9.17, 15) is 9.59 Å². The average Bonchev–Trinajstić information content (AvgIpc) is 3.21. The summed E-state index contributed by atoms with van der Waals surface area (Å²) in [5, 5.41) is 4.22. The predicted octanol–water partition coefficient (Wildman–Crippen LogP) is 0.255. The highest BCUT2D eigenvalue weighted by atomic mass is 16.2. The first-order valence-electron chi connectivity index (χ1n) is 8.18. The van der Waals surface area contributed by atoms with Gasteiger partial charge in [-0.25, -0.2) is 10.9 Å². The summed E-state index contributed by atoms with van der Waals surface area (Å²) in [7, 11) is 0. The van der Waals surface area contributed by atoms with E-state index in [1.165, 1.54) is 0 Å². The molecule has 3 rings (SSSR count). The van der Waals surface area contributed by atoms with Crippen molar-refractivity contribution in [2.75, 3.05) is 0 Å². The van der Waals surface area contributed by atoms with E-state index in [-0.39, 0.29) is 24.4 Å². The van der Waals surface area contributed by atoms with Gasteiger partial charge >= 0.3 is 0 Å². The molecule has 0 spiro atoms. The van der Waals surface area contributed by atoms with Crippen molar-refractivity contribution in [3.05, 3.63) is 53.3 Å². The Hall–Kier alpha value is -2.71. The van der Waals surface area contributed by atoms with Gasteiger partial charge < -0.3 is 0 Å². The first-order chi connectivity index (χ1) is 12.0. The van der Waals surface area contributed by atoms with Crippen LogP contribution in [0.15, 0.2) is 36.4 Å². The van der Waals surface area contributed by atoms with Crippen molar-refractivity contribution in [1.29, 1.82) is 0 Å². The van der Waals surface area contributed by atoms with E-state index in [1.807, 2.05) is 50.2 Å². The SMILES string of the molecule is Cc1cc(C)n(CC(=O)NNC(=O)C2CC(c3ccccc3)NN2)n1. The van der Waals surface area contributed by atoms with E-state index in [4.69, 9.17) is 0 Å². The van der Waals surface area contributed by atoms with Gasteiger partial charge in [-0.15, -0.1) is 0 Å². The maximum Gasteiger partial charge on any atom is 0.260 e. The van der Waals surface area contributed by atoms with Crippen LogP contribution in [0, 0.1) is 13.8 Å². The topological polar surface area (TPSA) is 100 Å². The van der Waals surface area contributed by atoms with Gasteiger partial charge in [0.15, 0.2) is 0 Å². The quantitative estimate of drug-likeness (QED) is 0.597.